The number of hydrogen-bond donors (Lipinski definition) is 1. The molecule has 0 radical (unpaired) electrons. The monoisotopic (exact) mass is 303 g/mol. The Labute approximate surface area is 120 Å². The second-order valence-electron chi connectivity index (χ2n) is 4.75. The summed E-state index contributed by atoms with van der Waals surface area (Å²) in [6, 6.07) is 3.08. The van der Waals surface area contributed by atoms with Crippen molar-refractivity contribution in [2.24, 2.45) is 0 Å². The van der Waals surface area contributed by atoms with E-state index >= 15 is 0 Å². The minimum absolute atomic E-state index is 0.0540. The van der Waals surface area contributed by atoms with Crippen molar-refractivity contribution in [3.63, 3.8) is 0 Å². The van der Waals surface area contributed by atoms with Gasteiger partial charge in [-0.3, -0.25) is 0 Å². The molecule has 0 spiro atoms. The zero-order chi connectivity index (χ0) is 16.3. The molecule has 7 heteroatoms. The van der Waals surface area contributed by atoms with Crippen LogP contribution in [0.2, 0.25) is 0 Å². The summed E-state index contributed by atoms with van der Waals surface area (Å²) < 4.78 is 48.8. The predicted octanol–water partition coefficient (Wildman–Crippen LogP) is 3.17. The van der Waals surface area contributed by atoms with Crippen LogP contribution in [-0.2, 0) is 15.7 Å². The Morgan fingerprint density at radius 3 is 2.52 bits per heavy atom. The normalized spacial score (nSPS) is 11.9. The number of halogens is 3. The van der Waals surface area contributed by atoms with Crippen LogP contribution < -0.4 is 10.5 Å². The van der Waals surface area contributed by atoms with Gasteiger partial charge in [0.1, 0.15) is 12.4 Å². The zero-order valence-electron chi connectivity index (χ0n) is 11.7. The van der Waals surface area contributed by atoms with Crippen LogP contribution in [0.1, 0.15) is 19.4 Å². The fourth-order valence-corrected chi connectivity index (χ4v) is 1.48. The zero-order valence-corrected chi connectivity index (χ0v) is 11.7. The molecule has 1 rings (SSSR count). The second-order valence-corrected chi connectivity index (χ2v) is 4.75. The number of ether oxygens (including phenoxy) is 2. The molecule has 21 heavy (non-hydrogen) atoms. The van der Waals surface area contributed by atoms with Gasteiger partial charge in [0.25, 0.3) is 0 Å². The quantitative estimate of drug-likeness (QED) is 0.515. The lowest BCUT2D eigenvalue weighted by molar-refractivity contribution is -0.160. The van der Waals surface area contributed by atoms with Crippen LogP contribution in [0.15, 0.2) is 30.9 Å². The maximum atomic E-state index is 12.9. The minimum Gasteiger partial charge on any atom is -0.476 e. The van der Waals surface area contributed by atoms with Crippen LogP contribution >= 0.6 is 0 Å². The molecule has 0 heterocycles. The van der Waals surface area contributed by atoms with Crippen LogP contribution in [0, 0.1) is 0 Å². The molecule has 4 nitrogen and oxygen atoms in total. The van der Waals surface area contributed by atoms with Crippen molar-refractivity contribution in [3.8, 4) is 5.75 Å². The fraction of sp³-hybridized carbons (Fsp3) is 0.357. The van der Waals surface area contributed by atoms with E-state index in [0.29, 0.717) is 0 Å². The molecular formula is C14H16F3NO3. The summed E-state index contributed by atoms with van der Waals surface area (Å²) >= 11 is 0. The highest BCUT2D eigenvalue weighted by molar-refractivity contribution is 5.79. The highest BCUT2D eigenvalue weighted by atomic mass is 19.4. The second kappa shape index (κ2) is 6.07. The number of carbonyl (C=O) groups is 1. The van der Waals surface area contributed by atoms with Crippen LogP contribution in [0.3, 0.4) is 0 Å². The molecule has 116 valence electrons. The SMILES string of the molecule is C=CCOC(=O)C(C)(C)Oc1ccc(N)cc1C(F)(F)F. The Hall–Kier alpha value is -2.18. The number of hydrogen-bond acceptors (Lipinski definition) is 4. The van der Waals surface area contributed by atoms with E-state index in [4.69, 9.17) is 15.2 Å². The van der Waals surface area contributed by atoms with E-state index < -0.39 is 29.1 Å². The summed E-state index contributed by atoms with van der Waals surface area (Å²) in [5, 5.41) is 0. The Balaban J connectivity index is 3.07. The first-order valence-electron chi connectivity index (χ1n) is 6.02. The topological polar surface area (TPSA) is 61.5 Å². The van der Waals surface area contributed by atoms with Gasteiger partial charge in [-0.1, -0.05) is 12.7 Å². The first kappa shape index (κ1) is 16.9. The third kappa shape index (κ3) is 4.40. The molecule has 2 N–H and O–H groups in total. The van der Waals surface area contributed by atoms with Crippen LogP contribution in [0.5, 0.6) is 5.75 Å². The van der Waals surface area contributed by atoms with Crippen molar-refractivity contribution < 1.29 is 27.4 Å². The molecule has 0 saturated heterocycles. The van der Waals surface area contributed by atoms with Gasteiger partial charge in [-0.25, -0.2) is 4.79 Å². The number of rotatable bonds is 5. The maximum absolute atomic E-state index is 12.9. The van der Waals surface area contributed by atoms with Crippen LogP contribution in [0.25, 0.3) is 0 Å². The molecule has 0 aliphatic heterocycles. The molecular weight excluding hydrogens is 287 g/mol. The van der Waals surface area contributed by atoms with E-state index in [9.17, 15) is 18.0 Å². The van der Waals surface area contributed by atoms with E-state index in [1.54, 1.807) is 0 Å². The van der Waals surface area contributed by atoms with Gasteiger partial charge < -0.3 is 15.2 Å². The Bertz CT molecular complexity index is 539. The van der Waals surface area contributed by atoms with Crippen molar-refractivity contribution >= 4 is 11.7 Å². The summed E-state index contributed by atoms with van der Waals surface area (Å²) in [4.78, 5) is 11.8. The molecule has 0 amide bonds. The number of benzene rings is 1. The molecule has 0 atom stereocenters. The molecule has 0 unspecified atom stereocenters. The van der Waals surface area contributed by atoms with Gasteiger partial charge in [-0.15, -0.1) is 0 Å². The van der Waals surface area contributed by atoms with E-state index in [2.05, 4.69) is 6.58 Å². The van der Waals surface area contributed by atoms with Gasteiger partial charge in [-0.2, -0.15) is 13.2 Å². The van der Waals surface area contributed by atoms with E-state index in [-0.39, 0.29) is 12.3 Å². The lowest BCUT2D eigenvalue weighted by atomic mass is 10.1. The standard InChI is InChI=1S/C14H16F3NO3/c1-4-7-20-12(19)13(2,3)21-11-6-5-9(18)8-10(11)14(15,16)17/h4-6,8H,1,7,18H2,2-3H3. The molecule has 0 aromatic heterocycles. The molecule has 1 aromatic carbocycles. The fourth-order valence-electron chi connectivity index (χ4n) is 1.48. The van der Waals surface area contributed by atoms with E-state index in [1.165, 1.54) is 26.0 Å². The van der Waals surface area contributed by atoms with Gasteiger partial charge in [-0.05, 0) is 32.0 Å². The predicted molar refractivity (Wildman–Crippen MR) is 71.7 cm³/mol. The van der Waals surface area contributed by atoms with Gasteiger partial charge in [0.2, 0.25) is 0 Å². The summed E-state index contributed by atoms with van der Waals surface area (Å²) in [5.74, 6) is -1.29. The Morgan fingerprint density at radius 1 is 1.38 bits per heavy atom. The van der Waals surface area contributed by atoms with E-state index in [0.717, 1.165) is 12.1 Å². The molecule has 0 bridgehead atoms. The van der Waals surface area contributed by atoms with Gasteiger partial charge >= 0.3 is 12.1 Å². The summed E-state index contributed by atoms with van der Waals surface area (Å²) in [6.07, 6.45) is -3.30. The highest BCUT2D eigenvalue weighted by Gasteiger charge is 2.38. The van der Waals surface area contributed by atoms with Crippen molar-refractivity contribution in [1.82, 2.24) is 0 Å². The van der Waals surface area contributed by atoms with Gasteiger partial charge in [0.05, 0.1) is 5.56 Å². The van der Waals surface area contributed by atoms with Crippen LogP contribution in [0.4, 0.5) is 18.9 Å². The summed E-state index contributed by atoms with van der Waals surface area (Å²) in [6.45, 7) is 5.95. The van der Waals surface area contributed by atoms with Crippen molar-refractivity contribution in [1.29, 1.82) is 0 Å². The number of alkyl halides is 3. The minimum atomic E-state index is -4.65. The third-order valence-electron chi connectivity index (χ3n) is 2.50. The van der Waals surface area contributed by atoms with Crippen molar-refractivity contribution in [3.05, 3.63) is 36.4 Å². The summed E-state index contributed by atoms with van der Waals surface area (Å²) in [5.41, 5.74) is 2.67. The third-order valence-corrected chi connectivity index (χ3v) is 2.50. The molecule has 0 fully saturated rings. The first-order chi connectivity index (χ1) is 9.58. The molecule has 0 saturated carbocycles. The number of esters is 1. The summed E-state index contributed by atoms with van der Waals surface area (Å²) in [7, 11) is 0. The largest absolute Gasteiger partial charge is 0.476 e. The molecule has 1 aromatic rings. The van der Waals surface area contributed by atoms with Crippen molar-refractivity contribution in [2.45, 2.75) is 25.6 Å². The lowest BCUT2D eigenvalue weighted by Gasteiger charge is -2.26. The highest BCUT2D eigenvalue weighted by Crippen LogP contribution is 2.38. The van der Waals surface area contributed by atoms with Gasteiger partial charge in [0, 0.05) is 5.69 Å². The average Bonchev–Trinajstić information content (AvgIpc) is 2.36. The van der Waals surface area contributed by atoms with Crippen LogP contribution in [-0.4, -0.2) is 18.2 Å². The number of nitrogens with two attached hydrogens (primary N) is 1. The van der Waals surface area contributed by atoms with Gasteiger partial charge in [0.15, 0.2) is 5.60 Å². The smallest absolute Gasteiger partial charge is 0.420 e. The van der Waals surface area contributed by atoms with E-state index in [1.807, 2.05) is 0 Å². The first-order valence-corrected chi connectivity index (χ1v) is 6.02. The molecule has 0 aliphatic carbocycles. The number of carbonyl (C=O) groups excluding carboxylic acids is 1. The number of anilines is 1. The maximum Gasteiger partial charge on any atom is 0.420 e. The lowest BCUT2D eigenvalue weighted by Crippen LogP contribution is -2.40. The average molecular weight is 303 g/mol. The van der Waals surface area contributed by atoms with Crippen molar-refractivity contribution in [2.75, 3.05) is 12.3 Å². The number of nitrogen functional groups attached to an aromatic ring is 1. The Kier molecular flexibility index (Phi) is 4.88. The Morgan fingerprint density at radius 2 is 2.00 bits per heavy atom. The molecule has 0 aliphatic rings.